The molecule has 178 valence electrons. The van der Waals surface area contributed by atoms with Crippen LogP contribution in [0, 0.1) is 6.92 Å². The summed E-state index contributed by atoms with van der Waals surface area (Å²) in [4.78, 5) is 18.2. The van der Waals surface area contributed by atoms with Crippen LogP contribution in [0.5, 0.6) is 5.75 Å². The third kappa shape index (κ3) is 3.89. The number of furan rings is 1. The zero-order valence-electron chi connectivity index (χ0n) is 19.6. The highest BCUT2D eigenvalue weighted by Gasteiger charge is 2.17. The molecule has 0 aliphatic carbocycles. The van der Waals surface area contributed by atoms with Gasteiger partial charge in [0, 0.05) is 17.3 Å². The molecule has 4 aromatic heterocycles. The summed E-state index contributed by atoms with van der Waals surface area (Å²) >= 11 is 1.28. The molecular formula is C27H21N5O3S. The molecule has 9 heteroatoms. The zero-order valence-corrected chi connectivity index (χ0v) is 20.4. The SMILES string of the molecule is CCOc1ccc(-c2nn(-c3ccccc3)cc2C=c2sc3nc(-c4ccco4)nn3c2=O)c(C)c1. The number of ether oxygens (including phenoxy) is 1. The second-order valence-electron chi connectivity index (χ2n) is 8.15. The molecule has 0 aliphatic rings. The molecule has 0 spiro atoms. The Kier molecular flexibility index (Phi) is 5.46. The van der Waals surface area contributed by atoms with Crippen molar-refractivity contribution in [3.63, 3.8) is 0 Å². The molecule has 0 N–H and O–H groups in total. The molecule has 0 fully saturated rings. The molecule has 0 bridgehead atoms. The molecule has 0 saturated carbocycles. The number of fused-ring (bicyclic) bond motifs is 1. The summed E-state index contributed by atoms with van der Waals surface area (Å²) in [5, 5.41) is 9.25. The van der Waals surface area contributed by atoms with Crippen molar-refractivity contribution in [1.29, 1.82) is 0 Å². The quantitative estimate of drug-likeness (QED) is 0.338. The van der Waals surface area contributed by atoms with Crippen molar-refractivity contribution in [2.24, 2.45) is 0 Å². The first-order chi connectivity index (χ1) is 17.6. The summed E-state index contributed by atoms with van der Waals surface area (Å²) in [7, 11) is 0. The normalized spacial score (nSPS) is 12.0. The average molecular weight is 496 g/mol. The fourth-order valence-electron chi connectivity index (χ4n) is 4.06. The first-order valence-corrected chi connectivity index (χ1v) is 12.3. The van der Waals surface area contributed by atoms with E-state index < -0.39 is 0 Å². The fourth-order valence-corrected chi connectivity index (χ4v) is 4.96. The first kappa shape index (κ1) is 22.0. The maximum atomic E-state index is 13.2. The van der Waals surface area contributed by atoms with Gasteiger partial charge in [0.1, 0.15) is 11.4 Å². The Hall–Kier alpha value is -4.50. The number of aryl methyl sites for hydroxylation is 1. The van der Waals surface area contributed by atoms with Crippen LogP contribution < -0.4 is 14.8 Å². The Balaban J connectivity index is 1.50. The summed E-state index contributed by atoms with van der Waals surface area (Å²) in [5.74, 6) is 1.72. The summed E-state index contributed by atoms with van der Waals surface area (Å²) in [6.45, 7) is 4.59. The van der Waals surface area contributed by atoms with Crippen LogP contribution in [0.2, 0.25) is 0 Å². The molecule has 2 aromatic carbocycles. The van der Waals surface area contributed by atoms with Crippen molar-refractivity contribution >= 4 is 22.4 Å². The number of rotatable bonds is 6. The standard InChI is InChI=1S/C27H21N5O3S/c1-3-34-20-11-12-21(17(2)14-20)24-18(16-31(29-24)19-8-5-4-6-9-19)15-23-26(33)32-27(36-23)28-25(30-32)22-10-7-13-35-22/h4-16H,3H2,1-2H3. The van der Waals surface area contributed by atoms with Gasteiger partial charge < -0.3 is 9.15 Å². The number of hydrogen-bond acceptors (Lipinski definition) is 7. The highest BCUT2D eigenvalue weighted by molar-refractivity contribution is 7.15. The maximum absolute atomic E-state index is 13.2. The Morgan fingerprint density at radius 1 is 1.08 bits per heavy atom. The highest BCUT2D eigenvalue weighted by atomic mass is 32.1. The van der Waals surface area contributed by atoms with Gasteiger partial charge in [-0.25, -0.2) is 4.68 Å². The van der Waals surface area contributed by atoms with Crippen molar-refractivity contribution in [2.45, 2.75) is 13.8 Å². The predicted molar refractivity (Wildman–Crippen MR) is 139 cm³/mol. The van der Waals surface area contributed by atoms with Gasteiger partial charge in [-0.05, 0) is 68.0 Å². The van der Waals surface area contributed by atoms with E-state index in [1.807, 2.05) is 79.3 Å². The van der Waals surface area contributed by atoms with Gasteiger partial charge in [0.05, 0.1) is 23.1 Å². The van der Waals surface area contributed by atoms with Crippen LogP contribution in [0.3, 0.4) is 0 Å². The number of benzene rings is 2. The van der Waals surface area contributed by atoms with E-state index in [1.165, 1.54) is 15.9 Å². The smallest absolute Gasteiger partial charge is 0.291 e. The Bertz CT molecular complexity index is 1780. The van der Waals surface area contributed by atoms with Crippen molar-refractivity contribution in [3.05, 3.63) is 99.1 Å². The van der Waals surface area contributed by atoms with E-state index >= 15 is 0 Å². The average Bonchev–Trinajstić information content (AvgIpc) is 3.67. The van der Waals surface area contributed by atoms with Gasteiger partial charge in [-0.2, -0.15) is 14.6 Å². The molecule has 8 nitrogen and oxygen atoms in total. The van der Waals surface area contributed by atoms with Gasteiger partial charge in [0.15, 0.2) is 5.76 Å². The number of aromatic nitrogens is 5. The van der Waals surface area contributed by atoms with E-state index in [4.69, 9.17) is 14.3 Å². The van der Waals surface area contributed by atoms with Crippen LogP contribution in [-0.4, -0.2) is 31.0 Å². The molecule has 6 aromatic rings. The lowest BCUT2D eigenvalue weighted by molar-refractivity contribution is 0.340. The van der Waals surface area contributed by atoms with E-state index in [0.717, 1.165) is 33.8 Å². The minimum atomic E-state index is -0.234. The lowest BCUT2D eigenvalue weighted by atomic mass is 10.0. The van der Waals surface area contributed by atoms with Crippen LogP contribution in [0.25, 0.3) is 39.6 Å². The number of hydrogen-bond donors (Lipinski definition) is 0. The number of thiazole rings is 1. The molecule has 6 rings (SSSR count). The number of nitrogens with zero attached hydrogens (tertiary/aromatic N) is 5. The molecule has 36 heavy (non-hydrogen) atoms. The van der Waals surface area contributed by atoms with Gasteiger partial charge in [0.25, 0.3) is 5.56 Å². The van der Waals surface area contributed by atoms with E-state index in [0.29, 0.717) is 27.7 Å². The fraction of sp³-hybridized carbons (Fsp3) is 0.111. The van der Waals surface area contributed by atoms with E-state index in [1.54, 1.807) is 18.4 Å². The molecule has 0 atom stereocenters. The predicted octanol–water partition coefficient (Wildman–Crippen LogP) is 4.52. The van der Waals surface area contributed by atoms with Crippen LogP contribution in [0.4, 0.5) is 0 Å². The Morgan fingerprint density at radius 3 is 2.67 bits per heavy atom. The third-order valence-electron chi connectivity index (χ3n) is 5.74. The van der Waals surface area contributed by atoms with Crippen molar-refractivity contribution in [1.82, 2.24) is 24.4 Å². The van der Waals surface area contributed by atoms with E-state index in [9.17, 15) is 4.79 Å². The van der Waals surface area contributed by atoms with Gasteiger partial charge in [0.2, 0.25) is 10.8 Å². The summed E-state index contributed by atoms with van der Waals surface area (Å²) < 4.78 is 14.7. The maximum Gasteiger partial charge on any atom is 0.291 e. The largest absolute Gasteiger partial charge is 0.494 e. The van der Waals surface area contributed by atoms with Crippen LogP contribution in [-0.2, 0) is 0 Å². The minimum absolute atomic E-state index is 0.234. The molecule has 4 heterocycles. The van der Waals surface area contributed by atoms with Gasteiger partial charge >= 0.3 is 0 Å². The van der Waals surface area contributed by atoms with Gasteiger partial charge in [-0.15, -0.1) is 5.10 Å². The molecular weight excluding hydrogens is 474 g/mol. The summed E-state index contributed by atoms with van der Waals surface area (Å²) in [5.41, 5.74) is 4.28. The van der Waals surface area contributed by atoms with Crippen LogP contribution in [0.1, 0.15) is 18.1 Å². The number of para-hydroxylation sites is 1. The van der Waals surface area contributed by atoms with Crippen molar-refractivity contribution in [2.75, 3.05) is 6.61 Å². The highest BCUT2D eigenvalue weighted by Crippen LogP contribution is 2.30. The van der Waals surface area contributed by atoms with Crippen molar-refractivity contribution < 1.29 is 9.15 Å². The zero-order chi connectivity index (χ0) is 24.6. The Labute approximate surface area is 209 Å². The second kappa shape index (κ2) is 8.94. The van der Waals surface area contributed by atoms with Crippen molar-refractivity contribution in [3.8, 4) is 34.3 Å². The summed E-state index contributed by atoms with van der Waals surface area (Å²) in [6, 6.07) is 19.4. The monoisotopic (exact) mass is 495 g/mol. The molecule has 0 radical (unpaired) electrons. The molecule has 0 saturated heterocycles. The topological polar surface area (TPSA) is 87.4 Å². The molecule has 0 unspecified atom stereocenters. The van der Waals surface area contributed by atoms with Gasteiger partial charge in [-0.1, -0.05) is 29.5 Å². The lowest BCUT2D eigenvalue weighted by Crippen LogP contribution is -2.23. The minimum Gasteiger partial charge on any atom is -0.494 e. The summed E-state index contributed by atoms with van der Waals surface area (Å²) in [6.07, 6.45) is 5.34. The van der Waals surface area contributed by atoms with Crippen LogP contribution >= 0.6 is 11.3 Å². The molecule has 0 amide bonds. The van der Waals surface area contributed by atoms with Crippen LogP contribution in [0.15, 0.2) is 82.3 Å². The van der Waals surface area contributed by atoms with E-state index in [-0.39, 0.29) is 5.56 Å². The Morgan fingerprint density at radius 2 is 1.94 bits per heavy atom. The third-order valence-corrected chi connectivity index (χ3v) is 6.70. The first-order valence-electron chi connectivity index (χ1n) is 11.4. The molecule has 0 aliphatic heterocycles. The lowest BCUT2D eigenvalue weighted by Gasteiger charge is -2.08. The van der Waals surface area contributed by atoms with Gasteiger partial charge in [-0.3, -0.25) is 4.79 Å². The second-order valence-corrected chi connectivity index (χ2v) is 9.15. The van der Waals surface area contributed by atoms with E-state index in [2.05, 4.69) is 10.1 Å².